The van der Waals surface area contributed by atoms with E-state index in [1.165, 1.54) is 5.56 Å². The topological polar surface area (TPSA) is 21.3 Å². The summed E-state index contributed by atoms with van der Waals surface area (Å²) in [6.07, 6.45) is 3.69. The van der Waals surface area contributed by atoms with Gasteiger partial charge in [0.15, 0.2) is 0 Å². The second-order valence-corrected chi connectivity index (χ2v) is 6.56. The zero-order valence-electron chi connectivity index (χ0n) is 12.9. The lowest BCUT2D eigenvalue weighted by atomic mass is 9.86. The molecule has 0 amide bonds. The molecule has 1 aliphatic heterocycles. The van der Waals surface area contributed by atoms with Gasteiger partial charge in [-0.05, 0) is 36.0 Å². The molecule has 2 atom stereocenters. The van der Waals surface area contributed by atoms with Crippen LogP contribution in [0.2, 0.25) is 0 Å². The highest BCUT2D eigenvalue weighted by Crippen LogP contribution is 2.36. The molecule has 0 bridgehead atoms. The van der Waals surface area contributed by atoms with Gasteiger partial charge < -0.3 is 10.1 Å². The Bertz CT molecular complexity index is 433. The largest absolute Gasteiger partial charge is 0.486 e. The summed E-state index contributed by atoms with van der Waals surface area (Å²) in [5.41, 5.74) is 2.69. The first kappa shape index (κ1) is 14.2. The van der Waals surface area contributed by atoms with Gasteiger partial charge in [-0.3, -0.25) is 0 Å². The van der Waals surface area contributed by atoms with Crippen molar-refractivity contribution in [2.45, 2.75) is 71.4 Å². The highest BCUT2D eigenvalue weighted by Gasteiger charge is 2.28. The molecule has 0 spiro atoms. The Morgan fingerprint density at radius 2 is 1.95 bits per heavy atom. The molecule has 19 heavy (non-hydrogen) atoms. The van der Waals surface area contributed by atoms with Crippen molar-refractivity contribution in [3.63, 3.8) is 0 Å². The minimum Gasteiger partial charge on any atom is -0.486 e. The molecule has 2 unspecified atom stereocenters. The van der Waals surface area contributed by atoms with E-state index < -0.39 is 0 Å². The maximum atomic E-state index is 6.18. The van der Waals surface area contributed by atoms with E-state index in [4.69, 9.17) is 4.74 Å². The van der Waals surface area contributed by atoms with Crippen LogP contribution in [0.15, 0.2) is 18.2 Å². The zero-order valence-corrected chi connectivity index (χ0v) is 12.9. The minimum absolute atomic E-state index is 0.179. The number of hydrogen-bond acceptors (Lipinski definition) is 2. The normalized spacial score (nSPS) is 22.4. The smallest absolute Gasteiger partial charge is 0.142 e. The van der Waals surface area contributed by atoms with Crippen molar-refractivity contribution in [2.24, 2.45) is 0 Å². The van der Waals surface area contributed by atoms with Gasteiger partial charge in [-0.15, -0.1) is 0 Å². The summed E-state index contributed by atoms with van der Waals surface area (Å²) < 4.78 is 6.18. The Hall–Kier alpha value is -1.18. The van der Waals surface area contributed by atoms with E-state index in [-0.39, 0.29) is 5.41 Å². The van der Waals surface area contributed by atoms with E-state index in [9.17, 15) is 0 Å². The number of benzene rings is 1. The van der Waals surface area contributed by atoms with Gasteiger partial charge in [-0.2, -0.15) is 0 Å². The van der Waals surface area contributed by atoms with E-state index in [0.29, 0.717) is 12.1 Å². The summed E-state index contributed by atoms with van der Waals surface area (Å²) in [4.78, 5) is 0. The first-order valence-electron chi connectivity index (χ1n) is 7.53. The van der Waals surface area contributed by atoms with E-state index >= 15 is 0 Å². The Labute approximate surface area is 117 Å². The highest BCUT2D eigenvalue weighted by molar-refractivity contribution is 5.61. The van der Waals surface area contributed by atoms with Gasteiger partial charge in [0.2, 0.25) is 0 Å². The third-order valence-electron chi connectivity index (χ3n) is 3.93. The fraction of sp³-hybridized carbons (Fsp3) is 0.647. The number of fused-ring (bicyclic) bond motifs is 1. The van der Waals surface area contributed by atoms with Crippen LogP contribution < -0.4 is 10.1 Å². The van der Waals surface area contributed by atoms with Crippen molar-refractivity contribution in [2.75, 3.05) is 5.32 Å². The lowest BCUT2D eigenvalue weighted by molar-refractivity contribution is 0.155. The van der Waals surface area contributed by atoms with Gasteiger partial charge in [0.05, 0.1) is 11.7 Å². The molecule has 2 heteroatoms. The summed E-state index contributed by atoms with van der Waals surface area (Å²) in [5.74, 6) is 1.01. The third kappa shape index (κ3) is 3.05. The molecule has 2 rings (SSSR count). The Kier molecular flexibility index (Phi) is 4.07. The van der Waals surface area contributed by atoms with E-state index in [0.717, 1.165) is 30.7 Å². The van der Waals surface area contributed by atoms with Gasteiger partial charge >= 0.3 is 0 Å². The van der Waals surface area contributed by atoms with Crippen LogP contribution in [-0.4, -0.2) is 12.1 Å². The predicted octanol–water partition coefficient (Wildman–Crippen LogP) is 4.74. The Morgan fingerprint density at radius 1 is 1.21 bits per heavy atom. The molecule has 0 aliphatic carbocycles. The molecule has 1 aromatic rings. The molecular weight excluding hydrogens is 234 g/mol. The zero-order chi connectivity index (χ0) is 14.0. The van der Waals surface area contributed by atoms with Gasteiger partial charge in [0, 0.05) is 0 Å². The molecule has 0 saturated carbocycles. The number of ether oxygens (including phenoxy) is 1. The molecule has 1 aromatic carbocycles. The summed E-state index contributed by atoms with van der Waals surface area (Å²) >= 11 is 0. The number of rotatable bonds is 3. The van der Waals surface area contributed by atoms with Crippen LogP contribution in [0.4, 0.5) is 5.69 Å². The van der Waals surface area contributed by atoms with Gasteiger partial charge in [0.1, 0.15) is 11.9 Å². The Morgan fingerprint density at radius 3 is 2.53 bits per heavy atom. The molecule has 106 valence electrons. The van der Waals surface area contributed by atoms with Crippen molar-refractivity contribution >= 4 is 5.69 Å². The Balaban J connectivity index is 2.28. The van der Waals surface area contributed by atoms with Crippen LogP contribution >= 0.6 is 0 Å². The predicted molar refractivity (Wildman–Crippen MR) is 82.2 cm³/mol. The van der Waals surface area contributed by atoms with Gasteiger partial charge in [0.25, 0.3) is 0 Å². The quantitative estimate of drug-likeness (QED) is 0.849. The fourth-order valence-electron chi connectivity index (χ4n) is 2.66. The molecule has 0 radical (unpaired) electrons. The molecule has 1 N–H and O–H groups in total. The average Bonchev–Trinajstić information content (AvgIpc) is 2.36. The van der Waals surface area contributed by atoms with Crippen LogP contribution in [0.3, 0.4) is 0 Å². The molecule has 0 saturated heterocycles. The molecule has 2 nitrogen and oxygen atoms in total. The number of anilines is 1. The molecule has 1 aliphatic rings. The van der Waals surface area contributed by atoms with Crippen LogP contribution in [0.5, 0.6) is 5.75 Å². The van der Waals surface area contributed by atoms with Gasteiger partial charge in [-0.1, -0.05) is 47.1 Å². The molecule has 0 fully saturated rings. The van der Waals surface area contributed by atoms with Crippen molar-refractivity contribution < 1.29 is 4.74 Å². The van der Waals surface area contributed by atoms with Crippen LogP contribution in [0, 0.1) is 0 Å². The monoisotopic (exact) mass is 261 g/mol. The van der Waals surface area contributed by atoms with Crippen LogP contribution in [-0.2, 0) is 5.41 Å². The average molecular weight is 261 g/mol. The van der Waals surface area contributed by atoms with Crippen molar-refractivity contribution in [3.8, 4) is 5.75 Å². The summed E-state index contributed by atoms with van der Waals surface area (Å²) in [7, 11) is 0. The van der Waals surface area contributed by atoms with Crippen molar-refractivity contribution in [1.82, 2.24) is 0 Å². The summed E-state index contributed by atoms with van der Waals surface area (Å²) in [5, 5.41) is 3.67. The maximum absolute atomic E-state index is 6.18. The third-order valence-corrected chi connectivity index (χ3v) is 3.93. The fourth-order valence-corrected chi connectivity index (χ4v) is 2.66. The second kappa shape index (κ2) is 5.44. The van der Waals surface area contributed by atoms with Crippen LogP contribution in [0.25, 0.3) is 0 Å². The molecule has 0 aromatic heterocycles. The first-order valence-corrected chi connectivity index (χ1v) is 7.53. The molecular formula is C17H27NO. The summed E-state index contributed by atoms with van der Waals surface area (Å²) in [6.45, 7) is 11.2. The highest BCUT2D eigenvalue weighted by atomic mass is 16.5. The number of nitrogens with one attached hydrogen (secondary N) is 1. The van der Waals surface area contributed by atoms with E-state index in [2.05, 4.69) is 58.1 Å². The molecule has 1 heterocycles. The lowest BCUT2D eigenvalue weighted by Gasteiger charge is -2.35. The first-order chi connectivity index (χ1) is 8.95. The van der Waals surface area contributed by atoms with Crippen LogP contribution in [0.1, 0.15) is 59.4 Å². The van der Waals surface area contributed by atoms with Crippen molar-refractivity contribution in [1.29, 1.82) is 0 Å². The van der Waals surface area contributed by atoms with Crippen molar-refractivity contribution in [3.05, 3.63) is 23.8 Å². The minimum atomic E-state index is 0.179. The SMILES string of the molecule is CCCC1Oc2ccc(C(C)(C)C)cc2NC1CC. The van der Waals surface area contributed by atoms with E-state index in [1.807, 2.05) is 0 Å². The standard InChI is InChI=1S/C17H27NO/c1-6-8-15-13(7-2)18-14-11-12(17(3,4)5)9-10-16(14)19-15/h9-11,13,15,18H,6-8H2,1-5H3. The number of hydrogen-bond donors (Lipinski definition) is 1. The van der Waals surface area contributed by atoms with Gasteiger partial charge in [-0.25, -0.2) is 0 Å². The lowest BCUT2D eigenvalue weighted by Crippen LogP contribution is -2.41. The maximum Gasteiger partial charge on any atom is 0.142 e. The van der Waals surface area contributed by atoms with E-state index in [1.54, 1.807) is 0 Å². The summed E-state index contributed by atoms with van der Waals surface area (Å²) in [6, 6.07) is 7.00. The second-order valence-electron chi connectivity index (χ2n) is 6.56.